The summed E-state index contributed by atoms with van der Waals surface area (Å²) in [5.41, 5.74) is 2.68. The number of nitrogens with one attached hydrogen (secondary N) is 1. The summed E-state index contributed by atoms with van der Waals surface area (Å²) >= 11 is 0. The molecule has 3 aliphatic heterocycles. The molecule has 1 aromatic heterocycles. The number of aromatic nitrogens is 1. The van der Waals surface area contributed by atoms with Crippen molar-refractivity contribution < 1.29 is 14.2 Å². The van der Waals surface area contributed by atoms with Crippen molar-refractivity contribution in [2.24, 2.45) is 15.8 Å². The van der Waals surface area contributed by atoms with Gasteiger partial charge in [-0.05, 0) is 62.1 Å². The second-order valence-electron chi connectivity index (χ2n) is 8.34. The molecule has 2 amide bonds. The average Bonchev–Trinajstić information content (AvgIpc) is 3.47. The lowest BCUT2D eigenvalue weighted by molar-refractivity contribution is -0.750. The lowest BCUT2D eigenvalue weighted by Gasteiger charge is -2.27. The van der Waals surface area contributed by atoms with Gasteiger partial charge in [0.2, 0.25) is 5.70 Å². The highest BCUT2D eigenvalue weighted by atomic mass is 16.2. The fraction of sp³-hybridized carbons (Fsp3) is 0.192. The first kappa shape index (κ1) is 22.4. The Labute approximate surface area is 202 Å². The number of carbonyl (C=O) groups is 2. The molecule has 9 heteroatoms. The van der Waals surface area contributed by atoms with Crippen LogP contribution in [0.4, 0.5) is 5.82 Å². The molecule has 2 atom stereocenters. The first-order valence-electron chi connectivity index (χ1n) is 11.3. The van der Waals surface area contributed by atoms with Crippen LogP contribution in [0, 0.1) is 11.8 Å². The van der Waals surface area contributed by atoms with Gasteiger partial charge in [0.25, 0.3) is 17.6 Å². The SMILES string of the molecule is CC#CC(=O)N1CCCC1C1=C2C=NC=C[N+]2(N)C(c2ccc(C(=O)Nc3ccccn3)cc2)=N1. The maximum atomic E-state index is 12.6. The molecule has 0 radical (unpaired) electrons. The van der Waals surface area contributed by atoms with Gasteiger partial charge in [-0.2, -0.15) is 10.8 Å². The molecule has 4 heterocycles. The number of nitrogens with zero attached hydrogens (tertiary/aromatic N) is 5. The Morgan fingerprint density at radius 1 is 1.20 bits per heavy atom. The second kappa shape index (κ2) is 9.10. The van der Waals surface area contributed by atoms with Crippen LogP contribution in [-0.2, 0) is 4.79 Å². The zero-order valence-electron chi connectivity index (χ0n) is 19.2. The number of hydrogen-bond donors (Lipinski definition) is 2. The molecule has 2 unspecified atom stereocenters. The number of rotatable bonds is 4. The van der Waals surface area contributed by atoms with Crippen LogP contribution < -0.4 is 11.2 Å². The number of likely N-dealkylation sites (tertiary alicyclic amines) is 1. The molecule has 0 bridgehead atoms. The summed E-state index contributed by atoms with van der Waals surface area (Å²) in [6, 6.07) is 12.2. The van der Waals surface area contributed by atoms with Crippen LogP contribution in [0.15, 0.2) is 82.4 Å². The predicted molar refractivity (Wildman–Crippen MR) is 132 cm³/mol. The molecule has 9 nitrogen and oxygen atoms in total. The second-order valence-corrected chi connectivity index (χ2v) is 8.34. The Hall–Kier alpha value is -4.39. The molecule has 5 rings (SSSR count). The number of hydrogen-bond acceptors (Lipinski definition) is 6. The zero-order chi connectivity index (χ0) is 24.4. The number of amides is 2. The van der Waals surface area contributed by atoms with E-state index in [1.165, 1.54) is 0 Å². The molecular formula is C26H24N7O2+. The molecular weight excluding hydrogens is 442 g/mol. The first-order chi connectivity index (χ1) is 17.0. The van der Waals surface area contributed by atoms with Gasteiger partial charge >= 0.3 is 0 Å². The van der Waals surface area contributed by atoms with E-state index in [1.54, 1.807) is 67.0 Å². The third kappa shape index (κ3) is 4.05. The number of carbonyl (C=O) groups excluding carboxylic acids is 2. The summed E-state index contributed by atoms with van der Waals surface area (Å²) in [5, 5.41) is 2.78. The Bertz CT molecular complexity index is 1360. The Morgan fingerprint density at radius 2 is 2.03 bits per heavy atom. The van der Waals surface area contributed by atoms with Crippen LogP contribution in [0.3, 0.4) is 0 Å². The summed E-state index contributed by atoms with van der Waals surface area (Å²) in [6.07, 6.45) is 8.35. The smallest absolute Gasteiger partial charge is 0.299 e. The highest BCUT2D eigenvalue weighted by molar-refractivity contribution is 6.05. The number of benzene rings is 1. The Balaban J connectivity index is 1.45. The minimum absolute atomic E-state index is 0.156. The fourth-order valence-electron chi connectivity index (χ4n) is 4.52. The quantitative estimate of drug-likeness (QED) is 0.410. The lowest BCUT2D eigenvalue weighted by atomic mass is 10.1. The standard InChI is InChI=1S/C26H23N7O2/c1-2-6-23(34)32-15-5-7-20(32)24-21-17-28-14-16-33(21,27)25(31-24)18-9-11-19(12-10-18)26(35)30-22-8-3-4-13-29-22/h3-4,8-14,16-17,20H,5,7,15,27H2,1H3/p+1. The maximum absolute atomic E-state index is 12.6. The van der Waals surface area contributed by atoms with Crippen molar-refractivity contribution in [2.75, 3.05) is 11.9 Å². The fourth-order valence-corrected chi connectivity index (χ4v) is 4.52. The number of anilines is 1. The third-order valence-corrected chi connectivity index (χ3v) is 6.20. The van der Waals surface area contributed by atoms with Crippen LogP contribution in [0.2, 0.25) is 0 Å². The van der Waals surface area contributed by atoms with Crippen molar-refractivity contribution in [3.05, 3.63) is 83.6 Å². The molecule has 3 N–H and O–H groups in total. The summed E-state index contributed by atoms with van der Waals surface area (Å²) < 4.78 is -0.156. The van der Waals surface area contributed by atoms with Gasteiger partial charge in [-0.3, -0.25) is 14.6 Å². The number of quaternary nitrogens is 1. The molecule has 1 aromatic carbocycles. The highest BCUT2D eigenvalue weighted by Crippen LogP contribution is 2.37. The lowest BCUT2D eigenvalue weighted by Crippen LogP contribution is -2.53. The Morgan fingerprint density at radius 3 is 2.77 bits per heavy atom. The van der Waals surface area contributed by atoms with E-state index in [-0.39, 0.29) is 22.4 Å². The molecule has 174 valence electrons. The van der Waals surface area contributed by atoms with Gasteiger partial charge < -0.3 is 10.2 Å². The average molecular weight is 467 g/mol. The number of amidine groups is 1. The number of nitrogens with two attached hydrogens (primary N) is 1. The number of fused-ring (bicyclic) bond motifs is 1. The molecule has 1 fully saturated rings. The molecule has 0 aliphatic carbocycles. The number of aliphatic imine (C=N–C) groups is 2. The minimum atomic E-state index is -0.262. The third-order valence-electron chi connectivity index (χ3n) is 6.20. The molecule has 2 aromatic rings. The normalized spacial score (nSPS) is 22.4. The van der Waals surface area contributed by atoms with Gasteiger partial charge in [-0.25, -0.2) is 4.98 Å². The summed E-state index contributed by atoms with van der Waals surface area (Å²) in [4.78, 5) is 40.3. The van der Waals surface area contributed by atoms with E-state index >= 15 is 0 Å². The zero-order valence-corrected chi connectivity index (χ0v) is 19.2. The Kier molecular flexibility index (Phi) is 5.82. The van der Waals surface area contributed by atoms with E-state index in [1.807, 2.05) is 12.1 Å². The van der Waals surface area contributed by atoms with Crippen molar-refractivity contribution in [1.29, 1.82) is 0 Å². The summed E-state index contributed by atoms with van der Waals surface area (Å²) in [7, 11) is 0. The van der Waals surface area contributed by atoms with Crippen molar-refractivity contribution in [2.45, 2.75) is 25.8 Å². The monoisotopic (exact) mass is 466 g/mol. The first-order valence-corrected chi connectivity index (χ1v) is 11.3. The predicted octanol–water partition coefficient (Wildman–Crippen LogP) is 2.57. The van der Waals surface area contributed by atoms with Crippen molar-refractivity contribution in [3.63, 3.8) is 0 Å². The topological polar surface area (TPSA) is 113 Å². The minimum Gasteiger partial charge on any atom is -0.323 e. The van der Waals surface area contributed by atoms with E-state index in [0.29, 0.717) is 29.5 Å². The molecule has 0 spiro atoms. The van der Waals surface area contributed by atoms with E-state index in [4.69, 9.17) is 10.8 Å². The van der Waals surface area contributed by atoms with E-state index < -0.39 is 0 Å². The van der Waals surface area contributed by atoms with Crippen LogP contribution >= 0.6 is 0 Å². The summed E-state index contributed by atoms with van der Waals surface area (Å²) in [5.74, 6) is 12.8. The van der Waals surface area contributed by atoms with Gasteiger partial charge in [0, 0.05) is 18.3 Å². The molecule has 3 aliphatic rings. The van der Waals surface area contributed by atoms with Crippen LogP contribution in [-0.4, -0.2) is 50.9 Å². The van der Waals surface area contributed by atoms with E-state index in [2.05, 4.69) is 27.1 Å². The number of allylic oxidation sites excluding steroid dienone is 1. The van der Waals surface area contributed by atoms with Crippen LogP contribution in [0.25, 0.3) is 0 Å². The van der Waals surface area contributed by atoms with Gasteiger partial charge in [0.15, 0.2) is 0 Å². The maximum Gasteiger partial charge on any atom is 0.299 e. The van der Waals surface area contributed by atoms with Gasteiger partial charge in [0.05, 0.1) is 24.0 Å². The van der Waals surface area contributed by atoms with Gasteiger partial charge in [-0.1, -0.05) is 12.0 Å². The van der Waals surface area contributed by atoms with Crippen molar-refractivity contribution in [3.8, 4) is 11.8 Å². The van der Waals surface area contributed by atoms with E-state index in [0.717, 1.165) is 24.1 Å². The largest absolute Gasteiger partial charge is 0.323 e. The molecule has 0 saturated carbocycles. The summed E-state index contributed by atoms with van der Waals surface area (Å²) in [6.45, 7) is 2.27. The molecule has 35 heavy (non-hydrogen) atoms. The number of pyridine rings is 1. The van der Waals surface area contributed by atoms with Crippen molar-refractivity contribution in [1.82, 2.24) is 9.88 Å². The van der Waals surface area contributed by atoms with Gasteiger partial charge in [-0.15, -0.1) is 4.59 Å². The molecule has 1 saturated heterocycles. The van der Waals surface area contributed by atoms with Gasteiger partial charge in [0.1, 0.15) is 17.7 Å². The van der Waals surface area contributed by atoms with Crippen LogP contribution in [0.1, 0.15) is 35.7 Å². The van der Waals surface area contributed by atoms with Crippen LogP contribution in [0.5, 0.6) is 0 Å². The van der Waals surface area contributed by atoms with Crippen molar-refractivity contribution >= 4 is 29.7 Å². The highest BCUT2D eigenvalue weighted by Gasteiger charge is 2.48. The van der Waals surface area contributed by atoms with E-state index in [9.17, 15) is 9.59 Å².